The van der Waals surface area contributed by atoms with Crippen molar-refractivity contribution >= 4 is 22.7 Å². The van der Waals surface area contributed by atoms with E-state index in [1.165, 1.54) is 6.33 Å². The Balaban J connectivity index is 1.01. The van der Waals surface area contributed by atoms with Crippen LogP contribution in [0.3, 0.4) is 0 Å². The van der Waals surface area contributed by atoms with Gasteiger partial charge in [-0.25, -0.2) is 14.8 Å². The number of carbonyl (C=O) groups excluding carboxylic acids is 1. The Morgan fingerprint density at radius 3 is 2.74 bits per heavy atom. The maximum Gasteiger partial charge on any atom is 0.414 e. The van der Waals surface area contributed by atoms with Crippen molar-refractivity contribution in [2.24, 2.45) is 5.92 Å². The minimum atomic E-state index is -0.335. The molecule has 0 radical (unpaired) electrons. The molecule has 2 fully saturated rings. The molecule has 0 aliphatic carbocycles. The Bertz CT molecular complexity index is 1250. The Labute approximate surface area is 202 Å². The van der Waals surface area contributed by atoms with Crippen LogP contribution in [0, 0.1) is 5.92 Å². The fourth-order valence-corrected chi connectivity index (χ4v) is 4.70. The highest BCUT2D eigenvalue weighted by Crippen LogP contribution is 2.35. The first kappa shape index (κ1) is 21.7. The summed E-state index contributed by atoms with van der Waals surface area (Å²) >= 11 is 0. The second-order valence-corrected chi connectivity index (χ2v) is 8.90. The third-order valence-corrected chi connectivity index (χ3v) is 6.47. The number of aromatic nitrogens is 2. The number of rotatable bonds is 7. The van der Waals surface area contributed by atoms with Crippen LogP contribution in [0.1, 0.15) is 0 Å². The van der Waals surface area contributed by atoms with Crippen LogP contribution in [-0.4, -0.2) is 80.2 Å². The van der Waals surface area contributed by atoms with Gasteiger partial charge in [0, 0.05) is 31.6 Å². The molecule has 182 valence electrons. The topological polar surface area (TPSA) is 95.5 Å². The number of cyclic esters (lactones) is 1. The van der Waals surface area contributed by atoms with E-state index in [2.05, 4.69) is 14.9 Å². The van der Waals surface area contributed by atoms with Crippen molar-refractivity contribution in [3.05, 3.63) is 42.7 Å². The second kappa shape index (κ2) is 9.10. The molecule has 3 aromatic rings. The minimum Gasteiger partial charge on any atom is -0.497 e. The Kier molecular flexibility index (Phi) is 5.65. The molecule has 4 heterocycles. The van der Waals surface area contributed by atoms with Crippen molar-refractivity contribution in [3.8, 4) is 23.1 Å². The van der Waals surface area contributed by atoms with Gasteiger partial charge < -0.3 is 23.7 Å². The minimum absolute atomic E-state index is 0.184. The van der Waals surface area contributed by atoms with Gasteiger partial charge in [0.05, 0.1) is 36.9 Å². The number of likely N-dealkylation sites (tertiary alicyclic amines) is 1. The predicted molar refractivity (Wildman–Crippen MR) is 127 cm³/mol. The summed E-state index contributed by atoms with van der Waals surface area (Å²) in [6.45, 7) is 4.56. The molecule has 1 atom stereocenters. The van der Waals surface area contributed by atoms with E-state index in [0.29, 0.717) is 56.2 Å². The van der Waals surface area contributed by atoms with E-state index >= 15 is 0 Å². The number of amides is 1. The first-order chi connectivity index (χ1) is 17.2. The molecule has 3 aliphatic heterocycles. The number of hydrogen-bond donors (Lipinski definition) is 0. The lowest BCUT2D eigenvalue weighted by Gasteiger charge is -2.39. The third-order valence-electron chi connectivity index (χ3n) is 6.47. The van der Waals surface area contributed by atoms with Crippen molar-refractivity contribution in [1.82, 2.24) is 14.9 Å². The van der Waals surface area contributed by atoms with Crippen LogP contribution < -0.4 is 23.8 Å². The standard InChI is InChI=1S/C25H26N4O6/c1-31-18-3-4-21-20(9-18)24(27-15-26-21)34-14-16-10-28(11-16)12-19-13-29(25(30)35-19)17-2-5-22-23(8-17)33-7-6-32-22/h2-5,8-9,15-16,19H,6-7,10-14H2,1H3/t19-/m1/s1. The van der Waals surface area contributed by atoms with Crippen LogP contribution in [0.25, 0.3) is 10.9 Å². The van der Waals surface area contributed by atoms with Crippen LogP contribution in [0.15, 0.2) is 42.7 Å². The van der Waals surface area contributed by atoms with Gasteiger partial charge in [-0.1, -0.05) is 0 Å². The molecule has 1 aromatic heterocycles. The van der Waals surface area contributed by atoms with Gasteiger partial charge in [0.25, 0.3) is 0 Å². The van der Waals surface area contributed by atoms with Crippen LogP contribution in [0.2, 0.25) is 0 Å². The molecule has 0 unspecified atom stereocenters. The van der Waals surface area contributed by atoms with Gasteiger partial charge in [-0.2, -0.15) is 0 Å². The largest absolute Gasteiger partial charge is 0.497 e. The van der Waals surface area contributed by atoms with Crippen LogP contribution in [0.5, 0.6) is 23.1 Å². The molecule has 3 aliphatic rings. The van der Waals surface area contributed by atoms with Crippen LogP contribution in [0.4, 0.5) is 10.5 Å². The quantitative estimate of drug-likeness (QED) is 0.508. The lowest BCUT2D eigenvalue weighted by atomic mass is 10.0. The van der Waals surface area contributed by atoms with E-state index in [4.69, 9.17) is 23.7 Å². The maximum absolute atomic E-state index is 12.5. The molecule has 10 heteroatoms. The molecular weight excluding hydrogens is 452 g/mol. The molecule has 6 rings (SSSR count). The summed E-state index contributed by atoms with van der Waals surface area (Å²) in [6, 6.07) is 11.2. The highest BCUT2D eigenvalue weighted by molar-refractivity contribution is 5.90. The molecule has 35 heavy (non-hydrogen) atoms. The molecule has 2 aromatic carbocycles. The zero-order chi connectivity index (χ0) is 23.8. The Hall–Kier alpha value is -3.79. The van der Waals surface area contributed by atoms with Gasteiger partial charge >= 0.3 is 6.09 Å². The number of carbonyl (C=O) groups is 1. The van der Waals surface area contributed by atoms with Gasteiger partial charge in [0.15, 0.2) is 11.5 Å². The predicted octanol–water partition coefficient (Wildman–Crippen LogP) is 2.75. The third kappa shape index (κ3) is 4.37. The molecule has 2 saturated heterocycles. The van der Waals surface area contributed by atoms with E-state index < -0.39 is 0 Å². The first-order valence-corrected chi connectivity index (χ1v) is 11.7. The van der Waals surface area contributed by atoms with Crippen molar-refractivity contribution in [2.75, 3.05) is 58.0 Å². The normalized spacial score (nSPS) is 20.0. The van der Waals surface area contributed by atoms with E-state index in [0.717, 1.165) is 35.4 Å². The maximum atomic E-state index is 12.5. The second-order valence-electron chi connectivity index (χ2n) is 8.90. The summed E-state index contributed by atoms with van der Waals surface area (Å²) in [5, 5.41) is 0.833. The molecule has 0 bridgehead atoms. The zero-order valence-electron chi connectivity index (χ0n) is 19.4. The Morgan fingerprint density at radius 2 is 1.89 bits per heavy atom. The highest BCUT2D eigenvalue weighted by atomic mass is 16.6. The average Bonchev–Trinajstić information content (AvgIpc) is 3.24. The van der Waals surface area contributed by atoms with E-state index in [1.54, 1.807) is 12.0 Å². The summed E-state index contributed by atoms with van der Waals surface area (Å²) in [4.78, 5) is 25.0. The lowest BCUT2D eigenvalue weighted by molar-refractivity contribution is 0.0264. The summed E-state index contributed by atoms with van der Waals surface area (Å²) in [6.07, 6.45) is 0.994. The van der Waals surface area contributed by atoms with Crippen LogP contribution >= 0.6 is 0 Å². The molecule has 10 nitrogen and oxygen atoms in total. The zero-order valence-corrected chi connectivity index (χ0v) is 19.4. The number of methoxy groups -OCH3 is 1. The number of anilines is 1. The molecule has 0 N–H and O–H groups in total. The fraction of sp³-hybridized carbons (Fsp3) is 0.400. The molecule has 1 amide bonds. The summed E-state index contributed by atoms with van der Waals surface area (Å²) < 4.78 is 28.2. The highest BCUT2D eigenvalue weighted by Gasteiger charge is 2.37. The van der Waals surface area contributed by atoms with Gasteiger partial charge in [-0.3, -0.25) is 9.80 Å². The number of ether oxygens (including phenoxy) is 5. The Morgan fingerprint density at radius 1 is 1.03 bits per heavy atom. The number of nitrogens with zero attached hydrogens (tertiary/aromatic N) is 4. The van der Waals surface area contributed by atoms with Crippen molar-refractivity contribution in [1.29, 1.82) is 0 Å². The van der Waals surface area contributed by atoms with Gasteiger partial charge in [0.1, 0.15) is 31.4 Å². The van der Waals surface area contributed by atoms with Gasteiger partial charge in [-0.15, -0.1) is 0 Å². The van der Waals surface area contributed by atoms with Crippen molar-refractivity contribution < 1.29 is 28.5 Å². The number of hydrogen-bond acceptors (Lipinski definition) is 9. The van der Waals surface area contributed by atoms with Crippen molar-refractivity contribution in [2.45, 2.75) is 6.10 Å². The van der Waals surface area contributed by atoms with E-state index in [1.807, 2.05) is 36.4 Å². The lowest BCUT2D eigenvalue weighted by Crippen LogP contribution is -2.52. The number of fused-ring (bicyclic) bond motifs is 2. The molecule has 0 spiro atoms. The molecule has 0 saturated carbocycles. The monoisotopic (exact) mass is 478 g/mol. The van der Waals surface area contributed by atoms with Crippen LogP contribution in [-0.2, 0) is 4.74 Å². The van der Waals surface area contributed by atoms with E-state index in [9.17, 15) is 4.79 Å². The summed E-state index contributed by atoms with van der Waals surface area (Å²) in [7, 11) is 1.63. The summed E-state index contributed by atoms with van der Waals surface area (Å²) in [5.41, 5.74) is 1.57. The van der Waals surface area contributed by atoms with Gasteiger partial charge in [0.2, 0.25) is 5.88 Å². The average molecular weight is 479 g/mol. The first-order valence-electron chi connectivity index (χ1n) is 11.7. The number of benzene rings is 2. The molecular formula is C25H26N4O6. The SMILES string of the molecule is COc1ccc2ncnc(OCC3CN(C[C@@H]4CN(c5ccc6c(c5)OCCO6)C(=O)O4)C3)c2c1. The smallest absolute Gasteiger partial charge is 0.414 e. The summed E-state index contributed by atoms with van der Waals surface area (Å²) in [5.74, 6) is 3.05. The van der Waals surface area contributed by atoms with Gasteiger partial charge in [-0.05, 0) is 30.3 Å². The van der Waals surface area contributed by atoms with E-state index in [-0.39, 0.29) is 12.2 Å². The fourth-order valence-electron chi connectivity index (χ4n) is 4.70. The van der Waals surface area contributed by atoms with Crippen molar-refractivity contribution in [3.63, 3.8) is 0 Å².